The van der Waals surface area contributed by atoms with Crippen molar-refractivity contribution in [2.24, 2.45) is 5.92 Å². The Balaban J connectivity index is 1.60. The van der Waals surface area contributed by atoms with Gasteiger partial charge in [-0.3, -0.25) is 4.79 Å². The summed E-state index contributed by atoms with van der Waals surface area (Å²) >= 11 is 0. The van der Waals surface area contributed by atoms with E-state index in [2.05, 4.69) is 61.2 Å². The van der Waals surface area contributed by atoms with Crippen LogP contribution in [0.3, 0.4) is 0 Å². The third-order valence-electron chi connectivity index (χ3n) is 5.77. The van der Waals surface area contributed by atoms with Gasteiger partial charge < -0.3 is 4.90 Å². The predicted molar refractivity (Wildman–Crippen MR) is 110 cm³/mol. The van der Waals surface area contributed by atoms with Crippen LogP contribution in [0.4, 0.5) is 0 Å². The van der Waals surface area contributed by atoms with E-state index in [1.54, 1.807) is 0 Å². The average Bonchev–Trinajstić information content (AvgIpc) is 3.33. The molecule has 2 aromatic carbocycles. The number of aromatic nitrogens is 3. The molecule has 0 N–H and O–H groups in total. The molecular formula is C23H26N4O. The molecule has 2 fully saturated rings. The van der Waals surface area contributed by atoms with Crippen LogP contribution >= 0.6 is 0 Å². The molecule has 1 aliphatic heterocycles. The second-order valence-corrected chi connectivity index (χ2v) is 8.57. The van der Waals surface area contributed by atoms with E-state index in [1.807, 2.05) is 4.68 Å². The summed E-state index contributed by atoms with van der Waals surface area (Å²) in [5.41, 5.74) is 1.05. The number of likely N-dealkylation sites (tertiary alicyclic amines) is 1. The number of carbonyl (C=O) groups excluding carboxylic acids is 1. The van der Waals surface area contributed by atoms with Crippen molar-refractivity contribution < 1.29 is 4.79 Å². The largest absolute Gasteiger partial charge is 0.339 e. The van der Waals surface area contributed by atoms with Crippen molar-refractivity contribution >= 4 is 16.7 Å². The van der Waals surface area contributed by atoms with Gasteiger partial charge in [0.25, 0.3) is 0 Å². The standard InChI is InChI=1S/C23H26N4O/c1-15(2)12-21-24-23(17-13-22(28)26(14-17)18-10-11-18)27(25-21)20-9-5-7-16-6-3-4-8-19(16)20/h3-9,15,17-18H,10-14H2,1-2H3/t17-/m1/s1. The van der Waals surface area contributed by atoms with E-state index in [1.165, 1.54) is 5.39 Å². The molecule has 0 spiro atoms. The van der Waals surface area contributed by atoms with Gasteiger partial charge in [-0.2, -0.15) is 5.10 Å². The topological polar surface area (TPSA) is 51.0 Å². The van der Waals surface area contributed by atoms with E-state index in [-0.39, 0.29) is 11.8 Å². The van der Waals surface area contributed by atoms with Crippen molar-refractivity contribution in [1.82, 2.24) is 19.7 Å². The molecule has 0 bridgehead atoms. The van der Waals surface area contributed by atoms with E-state index in [9.17, 15) is 4.79 Å². The molecule has 2 heterocycles. The van der Waals surface area contributed by atoms with Crippen LogP contribution in [-0.4, -0.2) is 38.2 Å². The molecule has 5 nitrogen and oxygen atoms in total. The van der Waals surface area contributed by atoms with Gasteiger partial charge in [-0.25, -0.2) is 9.67 Å². The summed E-state index contributed by atoms with van der Waals surface area (Å²) in [4.78, 5) is 19.6. The van der Waals surface area contributed by atoms with Gasteiger partial charge in [-0.15, -0.1) is 0 Å². The van der Waals surface area contributed by atoms with E-state index in [0.29, 0.717) is 18.4 Å². The maximum absolute atomic E-state index is 12.6. The van der Waals surface area contributed by atoms with Crippen LogP contribution in [0.2, 0.25) is 0 Å². The number of hydrogen-bond donors (Lipinski definition) is 0. The van der Waals surface area contributed by atoms with Crippen molar-refractivity contribution in [3.05, 3.63) is 54.1 Å². The van der Waals surface area contributed by atoms with Crippen LogP contribution in [0.25, 0.3) is 16.5 Å². The Morgan fingerprint density at radius 3 is 2.68 bits per heavy atom. The summed E-state index contributed by atoms with van der Waals surface area (Å²) in [6, 6.07) is 15.1. The van der Waals surface area contributed by atoms with Crippen LogP contribution in [-0.2, 0) is 11.2 Å². The first-order valence-electron chi connectivity index (χ1n) is 10.3. The zero-order valence-electron chi connectivity index (χ0n) is 16.5. The van der Waals surface area contributed by atoms with Gasteiger partial charge in [0.2, 0.25) is 5.91 Å². The molecule has 1 aromatic heterocycles. The molecule has 144 valence electrons. The van der Waals surface area contributed by atoms with Gasteiger partial charge >= 0.3 is 0 Å². The molecule has 28 heavy (non-hydrogen) atoms. The molecule has 0 unspecified atom stereocenters. The molecule has 5 heteroatoms. The Morgan fingerprint density at radius 1 is 1.11 bits per heavy atom. The summed E-state index contributed by atoms with van der Waals surface area (Å²) in [6.07, 6.45) is 3.68. The second kappa shape index (κ2) is 6.73. The quantitative estimate of drug-likeness (QED) is 0.676. The minimum Gasteiger partial charge on any atom is -0.339 e. The van der Waals surface area contributed by atoms with E-state index in [4.69, 9.17) is 10.1 Å². The lowest BCUT2D eigenvalue weighted by atomic mass is 10.1. The summed E-state index contributed by atoms with van der Waals surface area (Å²) in [6.45, 7) is 5.15. The number of rotatable bonds is 5. The summed E-state index contributed by atoms with van der Waals surface area (Å²) in [5.74, 6) is 2.68. The number of benzene rings is 2. The maximum atomic E-state index is 12.6. The number of carbonyl (C=O) groups is 1. The highest BCUT2D eigenvalue weighted by molar-refractivity contribution is 5.90. The molecule has 1 saturated carbocycles. The molecular weight excluding hydrogens is 348 g/mol. The van der Waals surface area contributed by atoms with E-state index >= 15 is 0 Å². The van der Waals surface area contributed by atoms with Gasteiger partial charge in [0.1, 0.15) is 5.82 Å². The van der Waals surface area contributed by atoms with Crippen molar-refractivity contribution in [3.63, 3.8) is 0 Å². The van der Waals surface area contributed by atoms with E-state index in [0.717, 1.165) is 48.5 Å². The van der Waals surface area contributed by atoms with Crippen molar-refractivity contribution in [3.8, 4) is 5.69 Å². The molecule has 3 aromatic rings. The van der Waals surface area contributed by atoms with Gasteiger partial charge in [-0.05, 0) is 30.2 Å². The smallest absolute Gasteiger partial charge is 0.223 e. The fraction of sp³-hybridized carbons (Fsp3) is 0.435. The zero-order valence-corrected chi connectivity index (χ0v) is 16.5. The third kappa shape index (κ3) is 3.09. The SMILES string of the molecule is CC(C)Cc1nc([C@@H]2CC(=O)N(C3CC3)C2)n(-c2cccc3ccccc23)n1. The Hall–Kier alpha value is -2.69. The monoisotopic (exact) mass is 374 g/mol. The first-order valence-corrected chi connectivity index (χ1v) is 10.3. The molecule has 1 atom stereocenters. The van der Waals surface area contributed by atoms with Gasteiger partial charge in [0, 0.05) is 36.7 Å². The Morgan fingerprint density at radius 2 is 1.89 bits per heavy atom. The molecule has 0 radical (unpaired) electrons. The molecule has 1 aliphatic carbocycles. The van der Waals surface area contributed by atoms with Crippen LogP contribution in [0.1, 0.15) is 50.7 Å². The normalized spacial score (nSPS) is 19.9. The summed E-state index contributed by atoms with van der Waals surface area (Å²) < 4.78 is 2.01. The van der Waals surface area contributed by atoms with Crippen LogP contribution in [0.5, 0.6) is 0 Å². The third-order valence-corrected chi connectivity index (χ3v) is 5.77. The first kappa shape index (κ1) is 17.4. The Kier molecular flexibility index (Phi) is 4.18. The average molecular weight is 374 g/mol. The van der Waals surface area contributed by atoms with Crippen molar-refractivity contribution in [1.29, 1.82) is 0 Å². The number of nitrogens with zero attached hydrogens (tertiary/aromatic N) is 4. The molecule has 5 rings (SSSR count). The second-order valence-electron chi connectivity index (χ2n) is 8.57. The maximum Gasteiger partial charge on any atom is 0.223 e. The van der Waals surface area contributed by atoms with E-state index < -0.39 is 0 Å². The van der Waals surface area contributed by atoms with Crippen molar-refractivity contribution in [2.75, 3.05) is 6.54 Å². The number of amides is 1. The van der Waals surface area contributed by atoms with Gasteiger partial charge in [-0.1, -0.05) is 50.2 Å². The Bertz CT molecular complexity index is 1030. The highest BCUT2D eigenvalue weighted by atomic mass is 16.2. The number of fused-ring (bicyclic) bond motifs is 1. The fourth-order valence-corrected chi connectivity index (χ4v) is 4.30. The first-order chi connectivity index (χ1) is 13.6. The summed E-state index contributed by atoms with van der Waals surface area (Å²) in [7, 11) is 0. The highest BCUT2D eigenvalue weighted by Gasteiger charge is 2.41. The number of hydrogen-bond acceptors (Lipinski definition) is 3. The lowest BCUT2D eigenvalue weighted by Gasteiger charge is -2.16. The van der Waals surface area contributed by atoms with Gasteiger partial charge in [0.05, 0.1) is 5.69 Å². The lowest BCUT2D eigenvalue weighted by molar-refractivity contribution is -0.128. The Labute approximate surface area is 165 Å². The summed E-state index contributed by atoms with van der Waals surface area (Å²) in [5, 5.41) is 7.25. The van der Waals surface area contributed by atoms with Gasteiger partial charge in [0.15, 0.2) is 5.82 Å². The van der Waals surface area contributed by atoms with Crippen LogP contribution in [0, 0.1) is 5.92 Å². The molecule has 1 saturated heterocycles. The molecule has 1 amide bonds. The highest BCUT2D eigenvalue weighted by Crippen LogP contribution is 2.37. The van der Waals surface area contributed by atoms with Crippen molar-refractivity contribution in [2.45, 2.75) is 51.5 Å². The molecule has 2 aliphatic rings. The fourth-order valence-electron chi connectivity index (χ4n) is 4.30. The van der Waals surface area contributed by atoms with Crippen LogP contribution in [0.15, 0.2) is 42.5 Å². The lowest BCUT2D eigenvalue weighted by Crippen LogP contribution is -2.27. The van der Waals surface area contributed by atoms with Crippen LogP contribution < -0.4 is 0 Å². The minimum atomic E-state index is 0.112. The zero-order chi connectivity index (χ0) is 19.3. The minimum absolute atomic E-state index is 0.112. The predicted octanol–water partition coefficient (Wildman–Crippen LogP) is 4.10.